The maximum absolute atomic E-state index is 14.2. The SMILES string of the molecule is OCc1cc2nc(-c3cc(F)cc4[nH]ccc34)nc(N3CCOCC3)c2s1. The average Bonchev–Trinajstić information content (AvgIpc) is 3.33. The van der Waals surface area contributed by atoms with Gasteiger partial charge in [-0.05, 0) is 24.3 Å². The molecule has 0 saturated carbocycles. The first kappa shape index (κ1) is 16.6. The van der Waals surface area contributed by atoms with Gasteiger partial charge in [-0.15, -0.1) is 11.3 Å². The van der Waals surface area contributed by atoms with Gasteiger partial charge >= 0.3 is 0 Å². The Morgan fingerprint density at radius 3 is 2.89 bits per heavy atom. The van der Waals surface area contributed by atoms with Crippen molar-refractivity contribution in [2.45, 2.75) is 6.61 Å². The van der Waals surface area contributed by atoms with Gasteiger partial charge in [-0.25, -0.2) is 14.4 Å². The minimum absolute atomic E-state index is 0.0407. The molecule has 0 unspecified atom stereocenters. The Balaban J connectivity index is 1.75. The van der Waals surface area contributed by atoms with Crippen molar-refractivity contribution in [3.63, 3.8) is 0 Å². The number of ether oxygens (including phenoxy) is 1. The largest absolute Gasteiger partial charge is 0.391 e. The fourth-order valence-corrected chi connectivity index (χ4v) is 4.44. The summed E-state index contributed by atoms with van der Waals surface area (Å²) < 4.78 is 20.6. The molecule has 0 amide bonds. The minimum atomic E-state index is -0.335. The molecule has 1 saturated heterocycles. The number of rotatable bonds is 3. The van der Waals surface area contributed by atoms with Crippen LogP contribution in [0.3, 0.4) is 0 Å². The van der Waals surface area contributed by atoms with Crippen LogP contribution in [0.15, 0.2) is 30.5 Å². The van der Waals surface area contributed by atoms with Crippen LogP contribution in [0.4, 0.5) is 10.2 Å². The number of H-pyrrole nitrogens is 1. The van der Waals surface area contributed by atoms with Crippen molar-refractivity contribution in [3.05, 3.63) is 41.2 Å². The summed E-state index contributed by atoms with van der Waals surface area (Å²) in [6, 6.07) is 6.72. The number of aromatic nitrogens is 3. The number of aromatic amines is 1. The first-order chi connectivity index (χ1) is 13.2. The summed E-state index contributed by atoms with van der Waals surface area (Å²) in [7, 11) is 0. The van der Waals surface area contributed by atoms with Crippen molar-refractivity contribution in [2.24, 2.45) is 0 Å². The Bertz CT molecular complexity index is 1130. The van der Waals surface area contributed by atoms with E-state index in [1.165, 1.54) is 23.5 Å². The fraction of sp³-hybridized carbons (Fsp3) is 0.263. The zero-order chi connectivity index (χ0) is 18.4. The molecule has 0 spiro atoms. The molecule has 4 heterocycles. The molecule has 1 fully saturated rings. The Labute approximate surface area is 158 Å². The van der Waals surface area contributed by atoms with E-state index in [2.05, 4.69) is 9.88 Å². The molecule has 0 atom stereocenters. The second-order valence-electron chi connectivity index (χ2n) is 6.45. The molecule has 27 heavy (non-hydrogen) atoms. The summed E-state index contributed by atoms with van der Waals surface area (Å²) in [6.07, 6.45) is 1.78. The lowest BCUT2D eigenvalue weighted by atomic mass is 10.1. The number of hydrogen-bond acceptors (Lipinski definition) is 6. The van der Waals surface area contributed by atoms with Crippen LogP contribution in [0.1, 0.15) is 4.88 Å². The molecule has 3 aromatic heterocycles. The number of aliphatic hydroxyl groups excluding tert-OH is 1. The third-order valence-electron chi connectivity index (χ3n) is 4.75. The second-order valence-corrected chi connectivity index (χ2v) is 7.58. The highest BCUT2D eigenvalue weighted by atomic mass is 32.1. The molecule has 1 aliphatic rings. The molecule has 6 nitrogen and oxygen atoms in total. The summed E-state index contributed by atoms with van der Waals surface area (Å²) in [5.41, 5.74) is 2.13. The van der Waals surface area contributed by atoms with Crippen LogP contribution in [0.25, 0.3) is 32.5 Å². The van der Waals surface area contributed by atoms with Gasteiger partial charge in [0, 0.05) is 40.6 Å². The summed E-state index contributed by atoms with van der Waals surface area (Å²) in [4.78, 5) is 15.6. The summed E-state index contributed by atoms with van der Waals surface area (Å²) >= 11 is 1.49. The maximum atomic E-state index is 14.2. The Morgan fingerprint density at radius 1 is 1.22 bits per heavy atom. The number of nitrogens with zero attached hydrogens (tertiary/aromatic N) is 3. The predicted molar refractivity (Wildman–Crippen MR) is 104 cm³/mol. The number of anilines is 1. The van der Waals surface area contributed by atoms with Gasteiger partial charge in [-0.3, -0.25) is 0 Å². The zero-order valence-corrected chi connectivity index (χ0v) is 15.2. The number of hydrogen-bond donors (Lipinski definition) is 2. The van der Waals surface area contributed by atoms with E-state index in [4.69, 9.17) is 14.7 Å². The summed E-state index contributed by atoms with van der Waals surface area (Å²) in [6.45, 7) is 2.71. The van der Waals surface area contributed by atoms with Crippen LogP contribution >= 0.6 is 11.3 Å². The standard InChI is InChI=1S/C19H17FN4O2S/c20-11-7-14(13-1-2-21-15(13)8-11)18-22-16-9-12(10-25)27-17(16)19(23-18)24-3-5-26-6-4-24/h1-2,7-9,21,25H,3-6,10H2. The Kier molecular flexibility index (Phi) is 4.04. The van der Waals surface area contributed by atoms with Crippen molar-refractivity contribution in [1.82, 2.24) is 15.0 Å². The smallest absolute Gasteiger partial charge is 0.163 e. The Hall–Kier alpha value is -2.55. The van der Waals surface area contributed by atoms with E-state index in [1.54, 1.807) is 6.20 Å². The number of fused-ring (bicyclic) bond motifs is 2. The van der Waals surface area contributed by atoms with E-state index in [0.29, 0.717) is 30.1 Å². The molecule has 8 heteroatoms. The predicted octanol–water partition coefficient (Wildman–Crippen LogP) is 3.31. The van der Waals surface area contributed by atoms with Crippen molar-refractivity contribution < 1.29 is 14.2 Å². The molecule has 0 aliphatic carbocycles. The lowest BCUT2D eigenvalue weighted by molar-refractivity contribution is 0.122. The summed E-state index contributed by atoms with van der Waals surface area (Å²) in [5.74, 6) is 0.962. The van der Waals surface area contributed by atoms with Gasteiger partial charge in [0.05, 0.1) is 30.0 Å². The molecule has 5 rings (SSSR count). The van der Waals surface area contributed by atoms with Gasteiger partial charge in [0.25, 0.3) is 0 Å². The van der Waals surface area contributed by atoms with E-state index >= 15 is 0 Å². The van der Waals surface area contributed by atoms with E-state index in [0.717, 1.165) is 39.4 Å². The van der Waals surface area contributed by atoms with Gasteiger partial charge < -0.3 is 19.7 Å². The number of morpholine rings is 1. The van der Waals surface area contributed by atoms with Crippen molar-refractivity contribution in [2.75, 3.05) is 31.2 Å². The molecular weight excluding hydrogens is 367 g/mol. The summed E-state index contributed by atoms with van der Waals surface area (Å²) in [5, 5.41) is 10.4. The topological polar surface area (TPSA) is 74.3 Å². The third-order valence-corrected chi connectivity index (χ3v) is 5.85. The average molecular weight is 384 g/mol. The molecule has 1 aliphatic heterocycles. The molecule has 138 valence electrons. The molecule has 4 aromatic rings. The normalized spacial score (nSPS) is 15.1. The molecule has 0 bridgehead atoms. The number of aliphatic hydroxyl groups is 1. The number of halogens is 1. The molecule has 1 aromatic carbocycles. The van der Waals surface area contributed by atoms with E-state index < -0.39 is 0 Å². The number of nitrogens with one attached hydrogen (secondary N) is 1. The van der Waals surface area contributed by atoms with Crippen LogP contribution < -0.4 is 4.90 Å². The Morgan fingerprint density at radius 2 is 2.07 bits per heavy atom. The molecular formula is C19H17FN4O2S. The van der Waals surface area contributed by atoms with Gasteiger partial charge in [0.1, 0.15) is 5.82 Å². The van der Waals surface area contributed by atoms with Gasteiger partial charge in [0.2, 0.25) is 0 Å². The van der Waals surface area contributed by atoms with E-state index in [-0.39, 0.29) is 12.4 Å². The van der Waals surface area contributed by atoms with E-state index in [9.17, 15) is 9.50 Å². The highest BCUT2D eigenvalue weighted by Gasteiger charge is 2.21. The second kappa shape index (κ2) is 6.56. The lowest BCUT2D eigenvalue weighted by Gasteiger charge is -2.28. The fourth-order valence-electron chi connectivity index (χ4n) is 3.47. The van der Waals surface area contributed by atoms with Crippen molar-refractivity contribution in [3.8, 4) is 11.4 Å². The third kappa shape index (κ3) is 2.86. The molecule has 2 N–H and O–H groups in total. The van der Waals surface area contributed by atoms with Crippen molar-refractivity contribution in [1.29, 1.82) is 0 Å². The van der Waals surface area contributed by atoms with Gasteiger partial charge in [-0.2, -0.15) is 0 Å². The van der Waals surface area contributed by atoms with Crippen LogP contribution in [0.5, 0.6) is 0 Å². The van der Waals surface area contributed by atoms with Gasteiger partial charge in [0.15, 0.2) is 11.6 Å². The van der Waals surface area contributed by atoms with Crippen LogP contribution in [-0.4, -0.2) is 46.4 Å². The van der Waals surface area contributed by atoms with Crippen LogP contribution in [-0.2, 0) is 11.3 Å². The number of benzene rings is 1. The monoisotopic (exact) mass is 384 g/mol. The maximum Gasteiger partial charge on any atom is 0.163 e. The van der Waals surface area contributed by atoms with E-state index in [1.807, 2.05) is 12.1 Å². The number of thiophene rings is 1. The highest BCUT2D eigenvalue weighted by Crippen LogP contribution is 2.36. The van der Waals surface area contributed by atoms with Crippen LogP contribution in [0, 0.1) is 5.82 Å². The lowest BCUT2D eigenvalue weighted by Crippen LogP contribution is -2.36. The zero-order valence-electron chi connectivity index (χ0n) is 14.4. The minimum Gasteiger partial charge on any atom is -0.391 e. The van der Waals surface area contributed by atoms with Crippen molar-refractivity contribution >= 4 is 38.3 Å². The first-order valence-electron chi connectivity index (χ1n) is 8.74. The quantitative estimate of drug-likeness (QED) is 0.567. The highest BCUT2D eigenvalue weighted by molar-refractivity contribution is 7.19. The first-order valence-corrected chi connectivity index (χ1v) is 9.55. The molecule has 0 radical (unpaired) electrons. The van der Waals surface area contributed by atoms with Crippen LogP contribution in [0.2, 0.25) is 0 Å². The van der Waals surface area contributed by atoms with Gasteiger partial charge in [-0.1, -0.05) is 0 Å².